The summed E-state index contributed by atoms with van der Waals surface area (Å²) < 4.78 is 43.2. The number of hydrogen-bond acceptors (Lipinski definition) is 4. The van der Waals surface area contributed by atoms with E-state index in [9.17, 15) is 18.0 Å². The van der Waals surface area contributed by atoms with Crippen LogP contribution in [0.15, 0.2) is 35.2 Å². The first-order valence-corrected chi connectivity index (χ1v) is 6.50. The molecule has 1 atom stereocenters. The summed E-state index contributed by atoms with van der Waals surface area (Å²) >= 11 is 0.863. The summed E-state index contributed by atoms with van der Waals surface area (Å²) in [6.45, 7) is 1.28. The van der Waals surface area contributed by atoms with E-state index in [4.69, 9.17) is 5.73 Å². The predicted molar refractivity (Wildman–Crippen MR) is 66.8 cm³/mol. The van der Waals surface area contributed by atoms with Crippen LogP contribution < -0.4 is 5.73 Å². The summed E-state index contributed by atoms with van der Waals surface area (Å²) in [5.74, 6) is -2.08. The smallest absolute Gasteiger partial charge is 0.418 e. The molecule has 0 spiro atoms. The highest BCUT2D eigenvalue weighted by atomic mass is 32.2. The Morgan fingerprint density at radius 2 is 1.89 bits per heavy atom. The summed E-state index contributed by atoms with van der Waals surface area (Å²) in [5.41, 5.74) is 2.24. The molecular weight excluding hydrogens is 279 g/mol. The molecule has 7 heteroatoms. The van der Waals surface area contributed by atoms with Crippen molar-refractivity contribution in [2.75, 3.05) is 12.4 Å². The third-order valence-electron chi connectivity index (χ3n) is 2.36. The van der Waals surface area contributed by atoms with Crippen LogP contribution in [0.4, 0.5) is 13.2 Å². The van der Waals surface area contributed by atoms with E-state index in [1.54, 1.807) is 30.3 Å². The van der Waals surface area contributed by atoms with Crippen molar-refractivity contribution in [2.24, 2.45) is 5.73 Å². The lowest BCUT2D eigenvalue weighted by Crippen LogP contribution is -2.62. The van der Waals surface area contributed by atoms with E-state index < -0.39 is 23.4 Å². The first kappa shape index (κ1) is 15.8. The minimum absolute atomic E-state index is 0.149. The van der Waals surface area contributed by atoms with E-state index in [0.29, 0.717) is 4.90 Å². The van der Waals surface area contributed by atoms with E-state index in [-0.39, 0.29) is 6.61 Å². The molecule has 0 unspecified atom stereocenters. The van der Waals surface area contributed by atoms with Crippen molar-refractivity contribution in [1.82, 2.24) is 0 Å². The van der Waals surface area contributed by atoms with Crippen LogP contribution in [0.25, 0.3) is 0 Å². The van der Waals surface area contributed by atoms with E-state index in [0.717, 1.165) is 11.8 Å². The molecule has 19 heavy (non-hydrogen) atoms. The van der Waals surface area contributed by atoms with Crippen LogP contribution in [0.3, 0.4) is 0 Å². The van der Waals surface area contributed by atoms with Crippen LogP contribution in [0.2, 0.25) is 0 Å². The molecule has 0 aliphatic rings. The molecule has 0 amide bonds. The third kappa shape index (κ3) is 3.87. The Kier molecular flexibility index (Phi) is 5.25. The zero-order valence-electron chi connectivity index (χ0n) is 10.2. The zero-order chi connectivity index (χ0) is 14.5. The van der Waals surface area contributed by atoms with Gasteiger partial charge in [-0.1, -0.05) is 18.2 Å². The Bertz CT molecular complexity index is 425. The van der Waals surface area contributed by atoms with E-state index in [2.05, 4.69) is 4.74 Å². The Balaban J connectivity index is 2.84. The minimum Gasteiger partial charge on any atom is -0.464 e. The van der Waals surface area contributed by atoms with Crippen molar-refractivity contribution < 1.29 is 22.7 Å². The SMILES string of the molecule is CCOC(=O)[C@@](N)(CSc1ccccc1)C(F)(F)F. The van der Waals surface area contributed by atoms with Crippen LogP contribution >= 0.6 is 11.8 Å². The van der Waals surface area contributed by atoms with Crippen LogP contribution in [0.1, 0.15) is 6.92 Å². The van der Waals surface area contributed by atoms with E-state index in [1.165, 1.54) is 6.92 Å². The van der Waals surface area contributed by atoms with Gasteiger partial charge in [0.15, 0.2) is 0 Å². The molecule has 106 valence electrons. The lowest BCUT2D eigenvalue weighted by molar-refractivity contribution is -0.200. The van der Waals surface area contributed by atoms with Crippen LogP contribution in [0.5, 0.6) is 0 Å². The minimum atomic E-state index is -4.86. The maximum absolute atomic E-state index is 12.9. The number of benzene rings is 1. The zero-order valence-corrected chi connectivity index (χ0v) is 11.1. The second-order valence-electron chi connectivity index (χ2n) is 3.79. The van der Waals surface area contributed by atoms with Crippen molar-refractivity contribution in [2.45, 2.75) is 23.5 Å². The Hall–Kier alpha value is -1.21. The fraction of sp³-hybridized carbons (Fsp3) is 0.417. The quantitative estimate of drug-likeness (QED) is 0.670. The highest BCUT2D eigenvalue weighted by Gasteiger charge is 2.58. The maximum Gasteiger partial charge on any atom is 0.418 e. The molecule has 0 bridgehead atoms. The number of rotatable bonds is 5. The van der Waals surface area contributed by atoms with Crippen LogP contribution in [-0.4, -0.2) is 30.0 Å². The summed E-state index contributed by atoms with van der Waals surface area (Å²) in [7, 11) is 0. The first-order valence-electron chi connectivity index (χ1n) is 5.52. The van der Waals surface area contributed by atoms with Gasteiger partial charge in [0, 0.05) is 10.6 Å². The number of carbonyl (C=O) groups is 1. The molecule has 0 fully saturated rings. The number of hydrogen-bond donors (Lipinski definition) is 1. The highest BCUT2D eigenvalue weighted by molar-refractivity contribution is 7.99. The number of alkyl halides is 3. The Morgan fingerprint density at radius 3 is 2.37 bits per heavy atom. The van der Waals surface area contributed by atoms with Crippen molar-refractivity contribution in [3.05, 3.63) is 30.3 Å². The van der Waals surface area contributed by atoms with E-state index >= 15 is 0 Å². The fourth-order valence-corrected chi connectivity index (χ4v) is 2.26. The largest absolute Gasteiger partial charge is 0.464 e. The Labute approximate surface area is 113 Å². The van der Waals surface area contributed by atoms with Crippen molar-refractivity contribution in [3.63, 3.8) is 0 Å². The molecule has 0 radical (unpaired) electrons. The summed E-state index contributed by atoms with van der Waals surface area (Å²) in [6, 6.07) is 8.42. The summed E-state index contributed by atoms with van der Waals surface area (Å²) in [6.07, 6.45) is -4.86. The molecule has 1 aromatic rings. The normalized spacial score (nSPS) is 14.8. The van der Waals surface area contributed by atoms with Crippen molar-refractivity contribution >= 4 is 17.7 Å². The predicted octanol–water partition coefficient (Wildman–Crippen LogP) is 2.60. The van der Waals surface area contributed by atoms with Gasteiger partial charge in [-0.05, 0) is 19.1 Å². The topological polar surface area (TPSA) is 52.3 Å². The molecular formula is C12H14F3NO2S. The average molecular weight is 293 g/mol. The fourth-order valence-electron chi connectivity index (χ4n) is 1.23. The molecule has 1 rings (SSSR count). The van der Waals surface area contributed by atoms with Gasteiger partial charge >= 0.3 is 12.1 Å². The van der Waals surface area contributed by atoms with Gasteiger partial charge < -0.3 is 10.5 Å². The third-order valence-corrected chi connectivity index (χ3v) is 3.56. The number of carbonyl (C=O) groups excluding carboxylic acids is 1. The van der Waals surface area contributed by atoms with E-state index in [1.807, 2.05) is 0 Å². The maximum atomic E-state index is 12.9. The lowest BCUT2D eigenvalue weighted by atomic mass is 10.0. The molecule has 0 saturated heterocycles. The molecule has 0 saturated carbocycles. The summed E-state index contributed by atoms with van der Waals surface area (Å²) in [5, 5.41) is 0. The van der Waals surface area contributed by atoms with Gasteiger partial charge in [-0.3, -0.25) is 0 Å². The molecule has 2 N–H and O–H groups in total. The average Bonchev–Trinajstić information content (AvgIpc) is 2.36. The van der Waals surface area contributed by atoms with Crippen LogP contribution in [-0.2, 0) is 9.53 Å². The molecule has 3 nitrogen and oxygen atoms in total. The van der Waals surface area contributed by atoms with Crippen molar-refractivity contribution in [3.8, 4) is 0 Å². The van der Waals surface area contributed by atoms with Gasteiger partial charge in [-0.15, -0.1) is 11.8 Å². The molecule has 0 heterocycles. The molecule has 1 aromatic carbocycles. The molecule has 0 aliphatic heterocycles. The number of thioether (sulfide) groups is 1. The van der Waals surface area contributed by atoms with Gasteiger partial charge in [0.1, 0.15) is 0 Å². The van der Waals surface area contributed by atoms with Gasteiger partial charge in [-0.25, -0.2) is 4.79 Å². The van der Waals surface area contributed by atoms with Crippen molar-refractivity contribution in [1.29, 1.82) is 0 Å². The summed E-state index contributed by atoms with van der Waals surface area (Å²) in [4.78, 5) is 12.1. The lowest BCUT2D eigenvalue weighted by Gasteiger charge is -2.28. The number of nitrogens with two attached hydrogens (primary N) is 1. The molecule has 0 aliphatic carbocycles. The first-order chi connectivity index (χ1) is 8.81. The second kappa shape index (κ2) is 6.29. The standard InChI is InChI=1S/C12H14F3NO2S/c1-2-18-10(17)11(16,12(13,14)15)8-19-9-6-4-3-5-7-9/h3-7H,2,8,16H2,1H3/t11-/m0/s1. The number of halogens is 3. The van der Waals surface area contributed by atoms with Gasteiger partial charge in [0.25, 0.3) is 0 Å². The van der Waals surface area contributed by atoms with Gasteiger partial charge in [0.2, 0.25) is 5.54 Å². The van der Waals surface area contributed by atoms with Crippen LogP contribution in [0, 0.1) is 0 Å². The number of esters is 1. The Morgan fingerprint density at radius 1 is 1.32 bits per heavy atom. The highest BCUT2D eigenvalue weighted by Crippen LogP contribution is 2.34. The number of ether oxygens (including phenoxy) is 1. The molecule has 0 aromatic heterocycles. The second-order valence-corrected chi connectivity index (χ2v) is 4.84. The van der Waals surface area contributed by atoms with Gasteiger partial charge in [0.05, 0.1) is 6.61 Å². The van der Waals surface area contributed by atoms with Gasteiger partial charge in [-0.2, -0.15) is 13.2 Å². The monoisotopic (exact) mass is 293 g/mol.